The number of aromatic nitrogens is 3. The van der Waals surface area contributed by atoms with Gasteiger partial charge in [0.2, 0.25) is 5.91 Å². The van der Waals surface area contributed by atoms with Crippen LogP contribution in [0.15, 0.2) is 41.2 Å². The number of hydrogen-bond donors (Lipinski definition) is 1. The van der Waals surface area contributed by atoms with E-state index in [-0.39, 0.29) is 29.2 Å². The molecule has 0 spiro atoms. The molecule has 1 aromatic heterocycles. The third-order valence-corrected chi connectivity index (χ3v) is 6.43. The standard InChI is InChI=1S/C24H24F2N4O2/c1-14-2-3-17(11-19(14)25)18-6-7-21(20(26)12-18)30-22(27-28-24(30)32)10-15-8-9-29(13-15)23(31)16-4-5-16/h2-3,6-7,11-12,15-16H,4-5,8-10,13H2,1H3,(H,28,32). The van der Waals surface area contributed by atoms with Crippen molar-refractivity contribution < 1.29 is 13.6 Å². The Bertz CT molecular complexity index is 1250. The minimum absolute atomic E-state index is 0.0963. The Balaban J connectivity index is 1.38. The lowest BCUT2D eigenvalue weighted by Gasteiger charge is -2.16. The number of likely N-dealkylation sites (tertiary alicyclic amines) is 1. The van der Waals surface area contributed by atoms with Gasteiger partial charge in [-0.3, -0.25) is 4.79 Å². The molecule has 0 radical (unpaired) electrons. The number of benzene rings is 2. The number of aryl methyl sites for hydroxylation is 1. The van der Waals surface area contributed by atoms with Gasteiger partial charge in [0.25, 0.3) is 0 Å². The fourth-order valence-electron chi connectivity index (χ4n) is 4.40. The number of carbonyl (C=O) groups excluding carboxylic acids is 1. The van der Waals surface area contributed by atoms with E-state index in [4.69, 9.17) is 0 Å². The molecule has 2 heterocycles. The number of aromatic amines is 1. The number of H-pyrrole nitrogens is 1. The predicted molar refractivity (Wildman–Crippen MR) is 115 cm³/mol. The molecule has 1 saturated carbocycles. The number of halogens is 2. The summed E-state index contributed by atoms with van der Waals surface area (Å²) in [6.07, 6.45) is 3.25. The summed E-state index contributed by atoms with van der Waals surface area (Å²) in [6.45, 7) is 3.02. The van der Waals surface area contributed by atoms with Gasteiger partial charge in [-0.2, -0.15) is 5.10 Å². The number of carbonyl (C=O) groups is 1. The van der Waals surface area contributed by atoms with Crippen molar-refractivity contribution in [3.63, 3.8) is 0 Å². The molecule has 1 N–H and O–H groups in total. The smallest absolute Gasteiger partial charge is 0.342 e. The maximum Gasteiger partial charge on any atom is 0.348 e. The van der Waals surface area contributed by atoms with Gasteiger partial charge in [0.1, 0.15) is 17.5 Å². The number of nitrogens with zero attached hydrogens (tertiary/aromatic N) is 3. The quantitative estimate of drug-likeness (QED) is 0.662. The molecule has 2 fully saturated rings. The molecule has 8 heteroatoms. The highest BCUT2D eigenvalue weighted by molar-refractivity contribution is 5.81. The normalized spacial score (nSPS) is 18.3. The molecular formula is C24H24F2N4O2. The number of rotatable bonds is 5. The highest BCUT2D eigenvalue weighted by atomic mass is 19.1. The van der Waals surface area contributed by atoms with Crippen LogP contribution in [0.3, 0.4) is 0 Å². The first-order valence-corrected chi connectivity index (χ1v) is 10.9. The van der Waals surface area contributed by atoms with Crippen molar-refractivity contribution in [3.05, 3.63) is 69.9 Å². The van der Waals surface area contributed by atoms with Crippen LogP contribution < -0.4 is 5.69 Å². The van der Waals surface area contributed by atoms with Crippen LogP contribution in [-0.2, 0) is 11.2 Å². The monoisotopic (exact) mass is 438 g/mol. The average molecular weight is 438 g/mol. The predicted octanol–water partition coefficient (Wildman–Crippen LogP) is 3.62. The molecule has 0 bridgehead atoms. The average Bonchev–Trinajstić information content (AvgIpc) is 3.43. The summed E-state index contributed by atoms with van der Waals surface area (Å²) in [6, 6.07) is 9.23. The van der Waals surface area contributed by atoms with E-state index in [0.717, 1.165) is 19.3 Å². The van der Waals surface area contributed by atoms with Gasteiger partial charge in [0.15, 0.2) is 0 Å². The first-order valence-electron chi connectivity index (χ1n) is 10.9. The highest BCUT2D eigenvalue weighted by Gasteiger charge is 2.37. The Morgan fingerprint density at radius 3 is 2.50 bits per heavy atom. The van der Waals surface area contributed by atoms with Gasteiger partial charge in [0.05, 0.1) is 5.69 Å². The summed E-state index contributed by atoms with van der Waals surface area (Å²) < 4.78 is 30.2. The lowest BCUT2D eigenvalue weighted by molar-refractivity contribution is -0.131. The van der Waals surface area contributed by atoms with Crippen LogP contribution in [0.5, 0.6) is 0 Å². The summed E-state index contributed by atoms with van der Waals surface area (Å²) >= 11 is 0. The zero-order chi connectivity index (χ0) is 22.4. The van der Waals surface area contributed by atoms with Crippen molar-refractivity contribution in [1.82, 2.24) is 19.7 Å². The molecule has 1 aliphatic heterocycles. The maximum absolute atomic E-state index is 15.1. The lowest BCUT2D eigenvalue weighted by atomic mass is 10.0. The molecule has 1 amide bonds. The molecule has 2 aromatic carbocycles. The van der Waals surface area contributed by atoms with E-state index in [1.807, 2.05) is 4.90 Å². The Morgan fingerprint density at radius 1 is 1.09 bits per heavy atom. The van der Waals surface area contributed by atoms with E-state index >= 15 is 4.39 Å². The van der Waals surface area contributed by atoms with Crippen LogP contribution >= 0.6 is 0 Å². The van der Waals surface area contributed by atoms with Crippen molar-refractivity contribution in [1.29, 1.82) is 0 Å². The van der Waals surface area contributed by atoms with Gasteiger partial charge in [-0.1, -0.05) is 18.2 Å². The Labute approximate surface area is 183 Å². The Kier molecular flexibility index (Phi) is 5.15. The molecule has 1 aliphatic carbocycles. The number of amides is 1. The van der Waals surface area contributed by atoms with E-state index in [2.05, 4.69) is 10.2 Å². The Hall–Kier alpha value is -3.29. The van der Waals surface area contributed by atoms with E-state index in [0.29, 0.717) is 42.0 Å². The summed E-state index contributed by atoms with van der Waals surface area (Å²) in [5.41, 5.74) is 1.18. The summed E-state index contributed by atoms with van der Waals surface area (Å²) in [5.74, 6) is 0.0718. The van der Waals surface area contributed by atoms with Crippen LogP contribution in [0.2, 0.25) is 0 Å². The molecule has 1 unspecified atom stereocenters. The lowest BCUT2D eigenvalue weighted by Crippen LogP contribution is -2.30. The van der Waals surface area contributed by atoms with E-state index < -0.39 is 11.5 Å². The van der Waals surface area contributed by atoms with Crippen molar-refractivity contribution in [2.45, 2.75) is 32.6 Å². The van der Waals surface area contributed by atoms with Crippen molar-refractivity contribution in [3.8, 4) is 16.8 Å². The van der Waals surface area contributed by atoms with E-state index in [1.165, 1.54) is 22.8 Å². The van der Waals surface area contributed by atoms with Crippen LogP contribution in [0.25, 0.3) is 16.8 Å². The minimum Gasteiger partial charge on any atom is -0.342 e. The van der Waals surface area contributed by atoms with Gasteiger partial charge >= 0.3 is 5.69 Å². The third kappa shape index (κ3) is 3.85. The van der Waals surface area contributed by atoms with Gasteiger partial charge in [0, 0.05) is 25.4 Å². The van der Waals surface area contributed by atoms with Crippen LogP contribution in [0.4, 0.5) is 8.78 Å². The zero-order valence-corrected chi connectivity index (χ0v) is 17.8. The van der Waals surface area contributed by atoms with Crippen LogP contribution in [0.1, 0.15) is 30.7 Å². The molecular weight excluding hydrogens is 414 g/mol. The summed E-state index contributed by atoms with van der Waals surface area (Å²) in [4.78, 5) is 26.6. The fourth-order valence-corrected chi connectivity index (χ4v) is 4.40. The van der Waals surface area contributed by atoms with Crippen LogP contribution in [0, 0.1) is 30.4 Å². The SMILES string of the molecule is Cc1ccc(-c2ccc(-n3c(CC4CCN(C(=O)C5CC5)C4)n[nH]c3=O)c(F)c2)cc1F. The number of nitrogens with one attached hydrogen (secondary N) is 1. The number of hydrogen-bond acceptors (Lipinski definition) is 3. The first-order chi connectivity index (χ1) is 15.4. The Morgan fingerprint density at radius 2 is 1.81 bits per heavy atom. The van der Waals surface area contributed by atoms with Crippen molar-refractivity contribution in [2.75, 3.05) is 13.1 Å². The topological polar surface area (TPSA) is 71.0 Å². The fraction of sp³-hybridized carbons (Fsp3) is 0.375. The van der Waals surface area contributed by atoms with Gasteiger partial charge < -0.3 is 4.90 Å². The van der Waals surface area contributed by atoms with E-state index in [1.54, 1.807) is 25.1 Å². The van der Waals surface area contributed by atoms with Gasteiger partial charge in [-0.25, -0.2) is 23.2 Å². The summed E-state index contributed by atoms with van der Waals surface area (Å²) in [5, 5.41) is 6.54. The molecule has 3 aromatic rings. The van der Waals surface area contributed by atoms with Gasteiger partial charge in [-0.15, -0.1) is 0 Å². The van der Waals surface area contributed by atoms with Gasteiger partial charge in [-0.05, 0) is 67.0 Å². The summed E-state index contributed by atoms with van der Waals surface area (Å²) in [7, 11) is 0. The molecule has 32 heavy (non-hydrogen) atoms. The second-order valence-corrected chi connectivity index (χ2v) is 8.83. The largest absolute Gasteiger partial charge is 0.348 e. The third-order valence-electron chi connectivity index (χ3n) is 6.43. The molecule has 6 nitrogen and oxygen atoms in total. The zero-order valence-electron chi connectivity index (χ0n) is 17.8. The first kappa shape index (κ1) is 20.6. The van der Waals surface area contributed by atoms with Crippen LogP contribution in [-0.4, -0.2) is 38.7 Å². The maximum atomic E-state index is 15.1. The molecule has 2 aliphatic rings. The molecule has 1 saturated heterocycles. The van der Waals surface area contributed by atoms with Crippen molar-refractivity contribution >= 4 is 5.91 Å². The molecule has 166 valence electrons. The molecule has 5 rings (SSSR count). The molecule has 1 atom stereocenters. The second kappa shape index (κ2) is 8.00. The van der Waals surface area contributed by atoms with Crippen molar-refractivity contribution in [2.24, 2.45) is 11.8 Å². The van der Waals surface area contributed by atoms with E-state index in [9.17, 15) is 14.0 Å². The highest BCUT2D eigenvalue weighted by Crippen LogP contribution is 2.33. The second-order valence-electron chi connectivity index (χ2n) is 8.83. The minimum atomic E-state index is -0.592.